The van der Waals surface area contributed by atoms with Gasteiger partial charge in [-0.05, 0) is 32.1 Å². The highest BCUT2D eigenvalue weighted by molar-refractivity contribution is 5.83. The van der Waals surface area contributed by atoms with Gasteiger partial charge in [0.1, 0.15) is 0 Å². The summed E-state index contributed by atoms with van der Waals surface area (Å²) in [5, 5.41) is 2.78. The van der Waals surface area contributed by atoms with Crippen molar-refractivity contribution in [2.24, 2.45) is 0 Å². The standard InChI is InChI=1S/C13H22N2O3/c16-12(14-11-7-3-1-4-8-11)18-13(17)15-9-5-2-6-10-15/h11H,1-10H2,(H,14,16). The van der Waals surface area contributed by atoms with Gasteiger partial charge in [0.25, 0.3) is 0 Å². The summed E-state index contributed by atoms with van der Waals surface area (Å²) in [5.41, 5.74) is 0. The number of piperidine rings is 1. The number of ether oxygens (including phenoxy) is 1. The molecule has 2 rings (SSSR count). The van der Waals surface area contributed by atoms with Crippen LogP contribution in [0.5, 0.6) is 0 Å². The number of alkyl carbamates (subject to hydrolysis) is 1. The van der Waals surface area contributed by atoms with Crippen LogP contribution < -0.4 is 5.32 Å². The molecular weight excluding hydrogens is 232 g/mol. The predicted octanol–water partition coefficient (Wildman–Crippen LogP) is 2.65. The van der Waals surface area contributed by atoms with Crippen molar-refractivity contribution in [3.8, 4) is 0 Å². The Morgan fingerprint density at radius 1 is 0.944 bits per heavy atom. The van der Waals surface area contributed by atoms with Gasteiger partial charge < -0.3 is 15.0 Å². The number of hydrogen-bond acceptors (Lipinski definition) is 3. The monoisotopic (exact) mass is 254 g/mol. The summed E-state index contributed by atoms with van der Waals surface area (Å²) in [7, 11) is 0. The lowest BCUT2D eigenvalue weighted by Crippen LogP contribution is -2.42. The lowest BCUT2D eigenvalue weighted by atomic mass is 9.96. The zero-order valence-corrected chi connectivity index (χ0v) is 10.8. The molecule has 18 heavy (non-hydrogen) atoms. The minimum atomic E-state index is -0.586. The highest BCUT2D eigenvalue weighted by Crippen LogP contribution is 2.17. The van der Waals surface area contributed by atoms with Crippen molar-refractivity contribution in [2.75, 3.05) is 13.1 Å². The second-order valence-electron chi connectivity index (χ2n) is 5.18. The molecule has 0 radical (unpaired) electrons. The Morgan fingerprint density at radius 2 is 1.56 bits per heavy atom. The van der Waals surface area contributed by atoms with Gasteiger partial charge in [0.15, 0.2) is 0 Å². The molecule has 2 amide bonds. The largest absolute Gasteiger partial charge is 0.418 e. The smallest absolute Gasteiger partial charge is 0.359 e. The lowest BCUT2D eigenvalue weighted by Gasteiger charge is -2.26. The molecule has 5 heteroatoms. The molecule has 2 aliphatic rings. The van der Waals surface area contributed by atoms with E-state index in [-0.39, 0.29) is 6.04 Å². The first-order valence-corrected chi connectivity index (χ1v) is 7.03. The number of nitrogens with one attached hydrogen (secondary N) is 1. The maximum atomic E-state index is 11.7. The number of likely N-dealkylation sites (tertiary alicyclic amines) is 1. The van der Waals surface area contributed by atoms with E-state index in [9.17, 15) is 9.59 Å². The van der Waals surface area contributed by atoms with Crippen LogP contribution in [-0.4, -0.2) is 36.2 Å². The number of hydrogen-bond donors (Lipinski definition) is 1. The first-order chi connectivity index (χ1) is 8.75. The van der Waals surface area contributed by atoms with Crippen LogP contribution in [0.3, 0.4) is 0 Å². The number of carbonyl (C=O) groups is 2. The Balaban J connectivity index is 1.70. The van der Waals surface area contributed by atoms with E-state index < -0.39 is 12.2 Å². The molecule has 1 N–H and O–H groups in total. The summed E-state index contributed by atoms with van der Waals surface area (Å²) >= 11 is 0. The Kier molecular flexibility index (Phi) is 4.84. The minimum absolute atomic E-state index is 0.181. The summed E-state index contributed by atoms with van der Waals surface area (Å²) in [5.74, 6) is 0. The summed E-state index contributed by atoms with van der Waals surface area (Å²) < 4.78 is 4.83. The topological polar surface area (TPSA) is 58.6 Å². The van der Waals surface area contributed by atoms with Crippen LogP contribution in [-0.2, 0) is 4.74 Å². The quantitative estimate of drug-likeness (QED) is 0.732. The third-order valence-electron chi connectivity index (χ3n) is 3.72. The second-order valence-corrected chi connectivity index (χ2v) is 5.18. The Hall–Kier alpha value is -1.26. The van der Waals surface area contributed by atoms with Gasteiger partial charge in [-0.25, -0.2) is 9.59 Å². The van der Waals surface area contributed by atoms with Crippen molar-refractivity contribution < 1.29 is 14.3 Å². The molecule has 0 atom stereocenters. The van der Waals surface area contributed by atoms with Gasteiger partial charge in [0, 0.05) is 19.1 Å². The zero-order valence-electron chi connectivity index (χ0n) is 10.8. The molecule has 1 saturated carbocycles. The molecule has 0 aromatic carbocycles. The highest BCUT2D eigenvalue weighted by atomic mass is 16.6. The van der Waals surface area contributed by atoms with E-state index >= 15 is 0 Å². The minimum Gasteiger partial charge on any atom is -0.359 e. The molecule has 5 nitrogen and oxygen atoms in total. The molecule has 0 unspecified atom stereocenters. The van der Waals surface area contributed by atoms with E-state index in [1.807, 2.05) is 0 Å². The first kappa shape index (κ1) is 13.2. The summed E-state index contributed by atoms with van der Waals surface area (Å²) in [6.07, 6.45) is 7.58. The second kappa shape index (κ2) is 6.61. The first-order valence-electron chi connectivity index (χ1n) is 7.03. The fourth-order valence-electron chi connectivity index (χ4n) is 2.66. The van der Waals surface area contributed by atoms with Crippen LogP contribution in [0, 0.1) is 0 Å². The van der Waals surface area contributed by atoms with Crippen LogP contribution in [0.15, 0.2) is 0 Å². The average molecular weight is 254 g/mol. The summed E-state index contributed by atoms with van der Waals surface area (Å²) in [6.45, 7) is 1.41. The van der Waals surface area contributed by atoms with Gasteiger partial charge in [-0.1, -0.05) is 19.3 Å². The van der Waals surface area contributed by atoms with Crippen LogP contribution in [0.4, 0.5) is 9.59 Å². The Labute approximate surface area is 108 Å². The van der Waals surface area contributed by atoms with Crippen molar-refractivity contribution in [1.82, 2.24) is 10.2 Å². The van der Waals surface area contributed by atoms with Gasteiger partial charge in [-0.2, -0.15) is 0 Å². The third-order valence-corrected chi connectivity index (χ3v) is 3.72. The molecular formula is C13H22N2O3. The van der Waals surface area contributed by atoms with E-state index in [1.54, 1.807) is 4.90 Å². The van der Waals surface area contributed by atoms with Crippen LogP contribution >= 0.6 is 0 Å². The highest BCUT2D eigenvalue weighted by Gasteiger charge is 2.22. The molecule has 1 saturated heterocycles. The van der Waals surface area contributed by atoms with Gasteiger partial charge in [0.2, 0.25) is 0 Å². The van der Waals surface area contributed by atoms with E-state index in [4.69, 9.17) is 4.74 Å². The average Bonchev–Trinajstić information content (AvgIpc) is 2.40. The maximum Gasteiger partial charge on any atom is 0.418 e. The number of amides is 2. The van der Waals surface area contributed by atoms with Crippen molar-refractivity contribution >= 4 is 12.2 Å². The number of nitrogens with zero attached hydrogens (tertiary/aromatic N) is 1. The van der Waals surface area contributed by atoms with E-state index in [1.165, 1.54) is 6.42 Å². The SMILES string of the molecule is O=C(NC1CCCCC1)OC(=O)N1CCCCC1. The number of carbonyl (C=O) groups excluding carboxylic acids is 2. The van der Waals surface area contributed by atoms with Crippen LogP contribution in [0.2, 0.25) is 0 Å². The van der Waals surface area contributed by atoms with Crippen LogP contribution in [0.1, 0.15) is 51.4 Å². The zero-order chi connectivity index (χ0) is 12.8. The lowest BCUT2D eigenvalue weighted by molar-refractivity contribution is 0.108. The van der Waals surface area contributed by atoms with Crippen molar-refractivity contribution in [2.45, 2.75) is 57.4 Å². The van der Waals surface area contributed by atoms with Crippen molar-refractivity contribution in [3.05, 3.63) is 0 Å². The van der Waals surface area contributed by atoms with E-state index in [2.05, 4.69) is 5.32 Å². The third kappa shape index (κ3) is 3.89. The molecule has 0 aromatic rings. The molecule has 1 aliphatic carbocycles. The van der Waals surface area contributed by atoms with E-state index in [0.717, 1.165) is 44.9 Å². The Bertz CT molecular complexity index is 295. The maximum absolute atomic E-state index is 11.7. The predicted molar refractivity (Wildman–Crippen MR) is 67.3 cm³/mol. The van der Waals surface area contributed by atoms with E-state index in [0.29, 0.717) is 13.1 Å². The molecule has 0 aromatic heterocycles. The molecule has 1 aliphatic heterocycles. The molecule has 102 valence electrons. The van der Waals surface area contributed by atoms with Crippen LogP contribution in [0.25, 0.3) is 0 Å². The fraction of sp³-hybridized carbons (Fsp3) is 0.846. The van der Waals surface area contributed by atoms with Gasteiger partial charge in [-0.3, -0.25) is 0 Å². The van der Waals surface area contributed by atoms with Gasteiger partial charge in [-0.15, -0.1) is 0 Å². The molecule has 1 heterocycles. The van der Waals surface area contributed by atoms with Crippen molar-refractivity contribution in [1.29, 1.82) is 0 Å². The van der Waals surface area contributed by atoms with Gasteiger partial charge >= 0.3 is 12.2 Å². The van der Waals surface area contributed by atoms with Crippen molar-refractivity contribution in [3.63, 3.8) is 0 Å². The fourth-order valence-corrected chi connectivity index (χ4v) is 2.66. The molecule has 2 fully saturated rings. The van der Waals surface area contributed by atoms with Gasteiger partial charge in [0.05, 0.1) is 0 Å². The summed E-state index contributed by atoms with van der Waals surface area (Å²) in [4.78, 5) is 24.9. The normalized spacial score (nSPS) is 21.4. The molecule has 0 bridgehead atoms. The Morgan fingerprint density at radius 3 is 2.22 bits per heavy atom. The summed E-state index contributed by atoms with van der Waals surface area (Å²) in [6, 6.07) is 0.181. The molecule has 0 spiro atoms. The number of rotatable bonds is 1.